The van der Waals surface area contributed by atoms with Gasteiger partial charge in [0.1, 0.15) is 49.0 Å². The predicted molar refractivity (Wildman–Crippen MR) is 349 cm³/mol. The molecular weight excluding hydrogens is 1140 g/mol. The Morgan fingerprint density at radius 3 is 1.22 bits per heavy atom. The maximum absolute atomic E-state index is 13.8. The number of hydrogen-bond donors (Lipinski definition) is 2. The Morgan fingerprint density at radius 1 is 0.478 bits per heavy atom. The van der Waals surface area contributed by atoms with Crippen LogP contribution in [-0.2, 0) is 0 Å². The lowest BCUT2D eigenvalue weighted by Crippen LogP contribution is -2.45. The number of nitrogens with one attached hydrogen (secondary N) is 2. The zero-order valence-electron chi connectivity index (χ0n) is 52.7. The molecule has 2 fully saturated rings. The fourth-order valence-electron chi connectivity index (χ4n) is 10.4. The zero-order valence-corrected chi connectivity index (χ0v) is 52.7. The van der Waals surface area contributed by atoms with Crippen LogP contribution < -0.4 is 48.9 Å². The Labute approximate surface area is 527 Å². The standard InChI is InChI=1S/2C34H41N7O4/c2*1-25-8-7-9-26(2)33(25)45-34(42)41(32-13-15-35-24-37-32)23-29(28-10-5-6-14-36-28)38-27-11-12-30(31(22-27)43-4)44-21-20-40-18-16-39(3)17-19-40/h2*5-15,22,24,29,38H,16-21,23H2,1-4H3. The van der Waals surface area contributed by atoms with Crippen molar-refractivity contribution in [3.05, 3.63) is 192 Å². The lowest BCUT2D eigenvalue weighted by Gasteiger charge is -2.32. The van der Waals surface area contributed by atoms with Crippen LogP contribution >= 0.6 is 0 Å². The number of aryl methyl sites for hydroxylation is 4. The van der Waals surface area contributed by atoms with Gasteiger partial charge in [-0.2, -0.15) is 0 Å². The fraction of sp³-hybridized carbons (Fsp3) is 0.353. The molecule has 472 valence electrons. The number of ether oxygens (including phenoxy) is 6. The molecule has 2 saturated heterocycles. The van der Waals surface area contributed by atoms with Crippen molar-refractivity contribution in [2.75, 3.05) is 140 Å². The molecule has 0 radical (unpaired) electrons. The van der Waals surface area contributed by atoms with E-state index < -0.39 is 24.3 Å². The molecule has 90 heavy (non-hydrogen) atoms. The van der Waals surface area contributed by atoms with Gasteiger partial charge in [-0.25, -0.2) is 29.5 Å². The van der Waals surface area contributed by atoms with Gasteiger partial charge in [-0.3, -0.25) is 29.6 Å². The number of likely N-dealkylation sites (N-methyl/N-ethyl adjacent to an activating group) is 2. The van der Waals surface area contributed by atoms with Crippen LogP contribution in [0.25, 0.3) is 0 Å². The number of para-hydroxylation sites is 2. The quantitative estimate of drug-likeness (QED) is 0.0576. The smallest absolute Gasteiger partial charge is 0.421 e. The maximum atomic E-state index is 13.8. The summed E-state index contributed by atoms with van der Waals surface area (Å²) in [7, 11) is 7.56. The average molecular weight is 1220 g/mol. The summed E-state index contributed by atoms with van der Waals surface area (Å²) >= 11 is 0. The Hall–Kier alpha value is -9.48. The Bertz CT molecular complexity index is 3260. The topological polar surface area (TPSA) is 210 Å². The normalized spacial score (nSPS) is 14.4. The number of carbonyl (C=O) groups is 2. The number of carbonyl (C=O) groups excluding carboxylic acids is 2. The van der Waals surface area contributed by atoms with Crippen LogP contribution in [-0.4, -0.2) is 182 Å². The monoisotopic (exact) mass is 1220 g/mol. The van der Waals surface area contributed by atoms with E-state index in [0.29, 0.717) is 59.3 Å². The molecule has 2 unspecified atom stereocenters. The van der Waals surface area contributed by atoms with Crippen LogP contribution in [0.5, 0.6) is 34.5 Å². The number of rotatable bonds is 24. The van der Waals surface area contributed by atoms with E-state index in [0.717, 1.165) is 110 Å². The summed E-state index contributed by atoms with van der Waals surface area (Å²) in [5.74, 6) is 4.43. The second kappa shape index (κ2) is 32.7. The first kappa shape index (κ1) is 65.0. The van der Waals surface area contributed by atoms with Gasteiger partial charge in [0.05, 0.1) is 50.8 Å². The SMILES string of the molecule is COc1cc(NC(CN(C(=O)Oc2c(C)cccc2C)c2ccncn2)c2ccccn2)ccc1OCCN1CCN(C)CC1.COc1cc(NC(CN(C(=O)Oc2c(C)cccc2C)c2ccncn2)c2ccccn2)ccc1OCCN1CCN(C)CC1. The second-order valence-corrected chi connectivity index (χ2v) is 22.2. The van der Waals surface area contributed by atoms with Crippen LogP contribution in [0.15, 0.2) is 159 Å². The number of hydrogen-bond acceptors (Lipinski definition) is 20. The van der Waals surface area contributed by atoms with Gasteiger partial charge in [-0.05, 0) is 125 Å². The molecule has 0 bridgehead atoms. The van der Waals surface area contributed by atoms with Crippen molar-refractivity contribution in [1.29, 1.82) is 0 Å². The van der Waals surface area contributed by atoms with Gasteiger partial charge >= 0.3 is 12.2 Å². The van der Waals surface area contributed by atoms with Crippen LogP contribution in [0.3, 0.4) is 0 Å². The first-order chi connectivity index (χ1) is 43.8. The second-order valence-electron chi connectivity index (χ2n) is 22.2. The van der Waals surface area contributed by atoms with Gasteiger partial charge in [0.2, 0.25) is 0 Å². The molecular formula is C68H82N14O8. The van der Waals surface area contributed by atoms with E-state index >= 15 is 0 Å². The van der Waals surface area contributed by atoms with Crippen LogP contribution in [0, 0.1) is 27.7 Å². The third-order valence-electron chi connectivity index (χ3n) is 15.7. The van der Waals surface area contributed by atoms with Gasteiger partial charge < -0.3 is 48.9 Å². The highest BCUT2D eigenvalue weighted by molar-refractivity contribution is 5.89. The predicted octanol–water partition coefficient (Wildman–Crippen LogP) is 9.96. The number of methoxy groups -OCH3 is 2. The first-order valence-corrected chi connectivity index (χ1v) is 30.2. The van der Waals surface area contributed by atoms with Crippen molar-refractivity contribution in [1.82, 2.24) is 49.5 Å². The lowest BCUT2D eigenvalue weighted by atomic mass is 10.1. The highest BCUT2D eigenvalue weighted by Crippen LogP contribution is 2.35. The number of piperazine rings is 2. The van der Waals surface area contributed by atoms with Crippen molar-refractivity contribution in [3.8, 4) is 34.5 Å². The zero-order chi connectivity index (χ0) is 63.2. The molecule has 22 heteroatoms. The van der Waals surface area contributed by atoms with Gasteiger partial charge in [-0.15, -0.1) is 0 Å². The highest BCUT2D eigenvalue weighted by atomic mass is 16.6. The van der Waals surface area contributed by atoms with Crippen molar-refractivity contribution >= 4 is 35.2 Å². The number of nitrogens with zero attached hydrogens (tertiary/aromatic N) is 12. The van der Waals surface area contributed by atoms with E-state index in [-0.39, 0.29) is 13.1 Å². The van der Waals surface area contributed by atoms with Gasteiger partial charge in [-0.1, -0.05) is 48.5 Å². The number of aromatic nitrogens is 6. The maximum Gasteiger partial charge on any atom is 0.421 e. The summed E-state index contributed by atoms with van der Waals surface area (Å²) in [4.78, 5) is 66.0. The Morgan fingerprint density at radius 2 is 0.878 bits per heavy atom. The molecule has 2 aliphatic heterocycles. The van der Waals surface area contributed by atoms with E-state index in [1.807, 2.05) is 137 Å². The van der Waals surface area contributed by atoms with Crippen molar-refractivity contribution in [2.24, 2.45) is 0 Å². The molecule has 0 aliphatic carbocycles. The van der Waals surface area contributed by atoms with Gasteiger partial charge in [0, 0.05) is 114 Å². The highest BCUT2D eigenvalue weighted by Gasteiger charge is 2.29. The van der Waals surface area contributed by atoms with Gasteiger partial charge in [0.25, 0.3) is 0 Å². The van der Waals surface area contributed by atoms with Crippen LogP contribution in [0.2, 0.25) is 0 Å². The van der Waals surface area contributed by atoms with Crippen LogP contribution in [0.4, 0.5) is 32.6 Å². The molecule has 10 rings (SSSR count). The fourth-order valence-corrected chi connectivity index (χ4v) is 10.4. The molecule has 2 aliphatic rings. The van der Waals surface area contributed by atoms with E-state index in [1.54, 1.807) is 51.1 Å². The molecule has 2 atom stereocenters. The van der Waals surface area contributed by atoms with E-state index in [1.165, 1.54) is 22.5 Å². The largest absolute Gasteiger partial charge is 0.493 e. The molecule has 4 aromatic heterocycles. The summed E-state index contributed by atoms with van der Waals surface area (Å²) in [5.41, 5.74) is 6.49. The summed E-state index contributed by atoms with van der Waals surface area (Å²) in [6.07, 6.45) is 8.34. The van der Waals surface area contributed by atoms with E-state index in [2.05, 4.69) is 74.2 Å². The summed E-state index contributed by atoms with van der Waals surface area (Å²) in [6.45, 7) is 19.3. The Kier molecular flexibility index (Phi) is 23.6. The van der Waals surface area contributed by atoms with Crippen LogP contribution in [0.1, 0.15) is 45.7 Å². The van der Waals surface area contributed by atoms with Crippen molar-refractivity contribution < 1.29 is 38.0 Å². The van der Waals surface area contributed by atoms with Crippen molar-refractivity contribution in [3.63, 3.8) is 0 Å². The number of amides is 2. The minimum atomic E-state index is -0.560. The van der Waals surface area contributed by atoms with Gasteiger partial charge in [0.15, 0.2) is 23.0 Å². The third kappa shape index (κ3) is 18.3. The summed E-state index contributed by atoms with van der Waals surface area (Å²) in [6, 6.07) is 36.9. The summed E-state index contributed by atoms with van der Waals surface area (Å²) in [5, 5.41) is 7.09. The molecule has 0 spiro atoms. The number of pyridine rings is 2. The lowest BCUT2D eigenvalue weighted by molar-refractivity contribution is 0.133. The molecule has 6 heterocycles. The minimum Gasteiger partial charge on any atom is -0.493 e. The third-order valence-corrected chi connectivity index (χ3v) is 15.7. The molecule has 2 amide bonds. The molecule has 2 N–H and O–H groups in total. The first-order valence-electron chi connectivity index (χ1n) is 30.2. The van der Waals surface area contributed by atoms with Crippen molar-refractivity contribution in [2.45, 2.75) is 39.8 Å². The summed E-state index contributed by atoms with van der Waals surface area (Å²) < 4.78 is 35.6. The number of anilines is 4. The molecule has 0 saturated carbocycles. The van der Waals surface area contributed by atoms with E-state index in [4.69, 9.17) is 28.4 Å². The average Bonchev–Trinajstić information content (AvgIpc) is 2.97. The molecule has 8 aromatic rings. The molecule has 22 nitrogen and oxygen atoms in total. The minimum absolute atomic E-state index is 0.170. The number of benzene rings is 4. The Balaban J connectivity index is 0.000000213. The molecule has 4 aromatic carbocycles. The van der Waals surface area contributed by atoms with E-state index in [9.17, 15) is 9.59 Å².